The first kappa shape index (κ1) is 17.8. The van der Waals surface area contributed by atoms with E-state index >= 15 is 0 Å². The summed E-state index contributed by atoms with van der Waals surface area (Å²) in [5, 5.41) is 15.9. The number of fused-ring (bicyclic) bond motifs is 1. The maximum Gasteiger partial charge on any atom is 0.283 e. The molecular formula is C19H15ClN4O2S. The number of benzene rings is 1. The molecule has 2 aromatic rings. The van der Waals surface area contributed by atoms with Crippen LogP contribution in [0.2, 0.25) is 5.02 Å². The summed E-state index contributed by atoms with van der Waals surface area (Å²) >= 11 is 7.49. The summed E-state index contributed by atoms with van der Waals surface area (Å²) in [6, 6.07) is 9.22. The van der Waals surface area contributed by atoms with Crippen molar-refractivity contribution in [1.82, 2.24) is 5.01 Å². The predicted octanol–water partition coefficient (Wildman–Crippen LogP) is 4.94. The van der Waals surface area contributed by atoms with Crippen molar-refractivity contribution in [3.63, 3.8) is 0 Å². The van der Waals surface area contributed by atoms with E-state index in [1.165, 1.54) is 22.8 Å². The second-order valence-corrected chi connectivity index (χ2v) is 7.48. The first-order valence-corrected chi connectivity index (χ1v) is 9.51. The topological polar surface area (TPSA) is 82.0 Å². The molecule has 0 radical (unpaired) electrons. The molecule has 2 aliphatic rings. The fraction of sp³-hybridized carbons (Fsp3) is 0.158. The van der Waals surface area contributed by atoms with Crippen LogP contribution in [0.25, 0.3) is 17.4 Å². The van der Waals surface area contributed by atoms with Gasteiger partial charge >= 0.3 is 0 Å². The molecule has 0 atom stereocenters. The number of nitrogens with zero attached hydrogens (tertiary/aromatic N) is 3. The Hall–Kier alpha value is -2.64. The number of carbonyl (C=O) groups is 1. The third-order valence-electron chi connectivity index (χ3n) is 4.17. The lowest BCUT2D eigenvalue weighted by molar-refractivity contribution is -0.114. The Kier molecular flexibility index (Phi) is 4.49. The van der Waals surface area contributed by atoms with Crippen LogP contribution in [0.4, 0.5) is 0 Å². The van der Waals surface area contributed by atoms with Gasteiger partial charge in [0.25, 0.3) is 5.91 Å². The average Bonchev–Trinajstić information content (AvgIpc) is 3.28. The number of aryl methyl sites for hydroxylation is 1. The van der Waals surface area contributed by atoms with Gasteiger partial charge in [0.15, 0.2) is 5.84 Å². The van der Waals surface area contributed by atoms with E-state index in [1.807, 2.05) is 32.0 Å². The molecular weight excluding hydrogens is 384 g/mol. The average molecular weight is 399 g/mol. The molecule has 4 rings (SSSR count). The first-order valence-electron chi connectivity index (χ1n) is 8.31. The smallest absolute Gasteiger partial charge is 0.283 e. The van der Waals surface area contributed by atoms with E-state index in [-0.39, 0.29) is 11.4 Å². The highest BCUT2D eigenvalue weighted by atomic mass is 35.5. The summed E-state index contributed by atoms with van der Waals surface area (Å²) in [7, 11) is 0. The molecule has 2 aliphatic heterocycles. The van der Waals surface area contributed by atoms with Gasteiger partial charge in [-0.2, -0.15) is 15.1 Å². The van der Waals surface area contributed by atoms with E-state index in [0.717, 1.165) is 22.6 Å². The molecule has 0 unspecified atom stereocenters. The van der Waals surface area contributed by atoms with Gasteiger partial charge in [0.1, 0.15) is 16.6 Å². The molecule has 1 amide bonds. The number of carbonyl (C=O) groups excluding carboxylic acids is 1. The number of nitrogens with one attached hydrogen (secondary N) is 1. The number of thioether (sulfide) groups is 1. The van der Waals surface area contributed by atoms with Crippen LogP contribution >= 0.6 is 23.4 Å². The number of hydrogen-bond acceptors (Lipinski definition) is 5. The highest BCUT2D eigenvalue weighted by Crippen LogP contribution is 2.31. The van der Waals surface area contributed by atoms with Crippen LogP contribution in [0.3, 0.4) is 0 Å². The van der Waals surface area contributed by atoms with Gasteiger partial charge in [-0.3, -0.25) is 10.2 Å². The molecule has 136 valence electrons. The number of furan rings is 1. The van der Waals surface area contributed by atoms with Crippen LogP contribution in [0.1, 0.15) is 24.7 Å². The highest BCUT2D eigenvalue weighted by Gasteiger charge is 2.35. The fourth-order valence-corrected chi connectivity index (χ4v) is 3.65. The van der Waals surface area contributed by atoms with Gasteiger partial charge in [0.2, 0.25) is 5.17 Å². The van der Waals surface area contributed by atoms with E-state index < -0.39 is 5.91 Å². The molecule has 0 spiro atoms. The van der Waals surface area contributed by atoms with Crippen molar-refractivity contribution in [3.8, 4) is 11.3 Å². The van der Waals surface area contributed by atoms with Gasteiger partial charge in [-0.1, -0.05) is 30.7 Å². The summed E-state index contributed by atoms with van der Waals surface area (Å²) in [6.45, 7) is 3.90. The van der Waals surface area contributed by atoms with Crippen molar-refractivity contribution in [2.24, 2.45) is 10.1 Å². The molecule has 0 aliphatic carbocycles. The van der Waals surface area contributed by atoms with Gasteiger partial charge < -0.3 is 4.42 Å². The quantitative estimate of drug-likeness (QED) is 0.742. The summed E-state index contributed by atoms with van der Waals surface area (Å²) < 4.78 is 5.83. The van der Waals surface area contributed by atoms with Crippen molar-refractivity contribution < 1.29 is 9.21 Å². The Morgan fingerprint density at radius 1 is 1.33 bits per heavy atom. The van der Waals surface area contributed by atoms with Crippen molar-refractivity contribution in [1.29, 1.82) is 5.41 Å². The number of aliphatic imine (C=N–C) groups is 1. The second-order valence-electron chi connectivity index (χ2n) is 6.03. The Balaban J connectivity index is 1.65. The molecule has 0 saturated heterocycles. The molecule has 8 heteroatoms. The fourth-order valence-electron chi connectivity index (χ4n) is 2.65. The van der Waals surface area contributed by atoms with Gasteiger partial charge in [0.05, 0.1) is 5.57 Å². The van der Waals surface area contributed by atoms with Gasteiger partial charge in [0, 0.05) is 10.6 Å². The largest absolute Gasteiger partial charge is 0.457 e. The summed E-state index contributed by atoms with van der Waals surface area (Å²) in [5.41, 5.74) is 1.97. The molecule has 1 N–H and O–H groups in total. The number of hydrazone groups is 1. The molecule has 1 aromatic carbocycles. The lowest BCUT2D eigenvalue weighted by Gasteiger charge is -2.19. The molecule has 0 fully saturated rings. The number of amides is 1. The third-order valence-corrected chi connectivity index (χ3v) is 5.63. The molecule has 3 heterocycles. The maximum atomic E-state index is 12.4. The Labute approximate surface area is 165 Å². The molecule has 0 bridgehead atoms. The van der Waals surface area contributed by atoms with Crippen molar-refractivity contribution in [3.05, 3.63) is 52.3 Å². The zero-order valence-corrected chi connectivity index (χ0v) is 16.2. The number of halogens is 1. The Bertz CT molecular complexity index is 1070. The first-order chi connectivity index (χ1) is 13.0. The zero-order valence-electron chi connectivity index (χ0n) is 14.6. The van der Waals surface area contributed by atoms with Crippen molar-refractivity contribution in [2.75, 3.05) is 0 Å². The van der Waals surface area contributed by atoms with Crippen LogP contribution in [0.15, 0.2) is 50.4 Å². The van der Waals surface area contributed by atoms with Gasteiger partial charge in [-0.15, -0.1) is 0 Å². The summed E-state index contributed by atoms with van der Waals surface area (Å²) in [6.07, 6.45) is 2.25. The SMILES string of the molecule is CCC1=NN2C(=N)/C(=C\c3ccc(-c4ccc(C)c(Cl)c4)o3)C(=O)N=C2S1. The normalized spacial score (nSPS) is 18.0. The minimum absolute atomic E-state index is 0.00252. The van der Waals surface area contributed by atoms with Crippen molar-refractivity contribution in [2.45, 2.75) is 20.3 Å². The molecule has 1 aromatic heterocycles. The highest BCUT2D eigenvalue weighted by molar-refractivity contribution is 8.26. The minimum Gasteiger partial charge on any atom is -0.457 e. The Morgan fingerprint density at radius 2 is 2.15 bits per heavy atom. The van der Waals surface area contributed by atoms with E-state index in [1.54, 1.807) is 12.1 Å². The number of hydrogen-bond donors (Lipinski definition) is 1. The monoisotopic (exact) mass is 398 g/mol. The zero-order chi connectivity index (χ0) is 19.1. The van der Waals surface area contributed by atoms with E-state index in [9.17, 15) is 4.79 Å². The third kappa shape index (κ3) is 3.24. The summed E-state index contributed by atoms with van der Waals surface area (Å²) in [5.74, 6) is 0.616. The van der Waals surface area contributed by atoms with Gasteiger partial charge in [-0.25, -0.2) is 0 Å². The van der Waals surface area contributed by atoms with E-state index in [2.05, 4.69) is 10.1 Å². The minimum atomic E-state index is -0.470. The van der Waals surface area contributed by atoms with Crippen LogP contribution < -0.4 is 0 Å². The molecule has 6 nitrogen and oxygen atoms in total. The predicted molar refractivity (Wildman–Crippen MR) is 109 cm³/mol. The van der Waals surface area contributed by atoms with Crippen molar-refractivity contribution >= 4 is 51.4 Å². The molecule has 27 heavy (non-hydrogen) atoms. The van der Waals surface area contributed by atoms with Crippen LogP contribution in [-0.2, 0) is 4.79 Å². The molecule has 0 saturated carbocycles. The maximum absolute atomic E-state index is 12.4. The standard InChI is InChI=1S/C19H15ClN4O2S/c1-3-16-23-24-17(21)13(18(25)22-19(24)27-16)9-12-6-7-15(26-12)11-5-4-10(2)14(20)8-11/h4-9,21H,3H2,1-2H3/b13-9+,21-17?. The second kappa shape index (κ2) is 6.83. The van der Waals surface area contributed by atoms with Crippen LogP contribution in [0.5, 0.6) is 0 Å². The van der Waals surface area contributed by atoms with Gasteiger partial charge in [-0.05, 0) is 54.9 Å². The summed E-state index contributed by atoms with van der Waals surface area (Å²) in [4.78, 5) is 16.4. The van der Waals surface area contributed by atoms with E-state index in [4.69, 9.17) is 21.4 Å². The van der Waals surface area contributed by atoms with E-state index in [0.29, 0.717) is 21.7 Å². The van der Waals surface area contributed by atoms with Crippen LogP contribution in [0, 0.1) is 12.3 Å². The lowest BCUT2D eigenvalue weighted by Crippen LogP contribution is -2.35. The lowest BCUT2D eigenvalue weighted by atomic mass is 10.1. The Morgan fingerprint density at radius 3 is 2.89 bits per heavy atom. The number of rotatable bonds is 3. The van der Waals surface area contributed by atoms with Crippen LogP contribution in [-0.4, -0.2) is 27.0 Å². The number of amidine groups is 2.